The van der Waals surface area contributed by atoms with Gasteiger partial charge in [-0.15, -0.1) is 0 Å². The monoisotopic (exact) mass is 292 g/mol. The maximum absolute atomic E-state index is 12.6. The van der Waals surface area contributed by atoms with E-state index in [2.05, 4.69) is 0 Å². The number of aryl methyl sites for hydroxylation is 3. The topological polar surface area (TPSA) is 74.6 Å². The Hall–Kier alpha value is -2.01. The number of rotatable bonds is 2. The summed E-state index contributed by atoms with van der Waals surface area (Å²) < 4.78 is 25.3. The fraction of sp³-hybridized carbons (Fsp3) is 0.200. The van der Waals surface area contributed by atoms with Crippen LogP contribution in [0.4, 0.5) is 0 Å². The van der Waals surface area contributed by atoms with Gasteiger partial charge in [0.2, 0.25) is 9.84 Å². The lowest BCUT2D eigenvalue weighted by Gasteiger charge is -2.12. The van der Waals surface area contributed by atoms with Gasteiger partial charge in [0.1, 0.15) is 16.4 Å². The van der Waals surface area contributed by atoms with E-state index < -0.39 is 9.84 Å². The van der Waals surface area contributed by atoms with Gasteiger partial charge in [-0.1, -0.05) is 12.1 Å². The molecule has 2 aromatic rings. The summed E-state index contributed by atoms with van der Waals surface area (Å²) in [4.78, 5) is -0.0283. The van der Waals surface area contributed by atoms with Crippen LogP contribution in [0.3, 0.4) is 0 Å². The Morgan fingerprint density at radius 3 is 1.95 bits per heavy atom. The molecule has 0 aromatic heterocycles. The van der Waals surface area contributed by atoms with Crippen LogP contribution in [0, 0.1) is 20.8 Å². The summed E-state index contributed by atoms with van der Waals surface area (Å²) in [5.74, 6) is -0.189. The first kappa shape index (κ1) is 14.4. The molecule has 0 atom stereocenters. The minimum Gasteiger partial charge on any atom is -0.507 e. The zero-order valence-corrected chi connectivity index (χ0v) is 12.3. The van der Waals surface area contributed by atoms with Gasteiger partial charge in [-0.05, 0) is 55.7 Å². The quantitative estimate of drug-likeness (QED) is 0.892. The van der Waals surface area contributed by atoms with Crippen molar-refractivity contribution in [3.8, 4) is 11.5 Å². The van der Waals surface area contributed by atoms with Crippen LogP contribution in [-0.4, -0.2) is 18.6 Å². The average Bonchev–Trinajstić information content (AvgIpc) is 2.34. The minimum atomic E-state index is -3.82. The SMILES string of the molecule is Cc1cc(S(=O)(=O)c2c(C)cccc2O)cc(C)c1O. The first-order valence-electron chi connectivity index (χ1n) is 6.09. The van der Waals surface area contributed by atoms with E-state index in [1.807, 2.05) is 0 Å². The molecule has 0 aliphatic heterocycles. The van der Waals surface area contributed by atoms with E-state index in [0.717, 1.165) is 0 Å². The normalized spacial score (nSPS) is 11.6. The highest BCUT2D eigenvalue weighted by Crippen LogP contribution is 2.34. The molecule has 0 spiro atoms. The van der Waals surface area contributed by atoms with Crippen LogP contribution in [0.25, 0.3) is 0 Å². The van der Waals surface area contributed by atoms with Gasteiger partial charge in [-0.25, -0.2) is 8.42 Å². The molecule has 2 aromatic carbocycles. The van der Waals surface area contributed by atoms with Gasteiger partial charge in [0, 0.05) is 0 Å². The van der Waals surface area contributed by atoms with Gasteiger partial charge in [0.05, 0.1) is 4.90 Å². The summed E-state index contributed by atoms with van der Waals surface area (Å²) >= 11 is 0. The molecule has 20 heavy (non-hydrogen) atoms. The van der Waals surface area contributed by atoms with Gasteiger partial charge >= 0.3 is 0 Å². The molecule has 0 heterocycles. The van der Waals surface area contributed by atoms with Gasteiger partial charge in [-0.3, -0.25) is 0 Å². The number of phenolic OH excluding ortho intramolecular Hbond substituents is 2. The van der Waals surface area contributed by atoms with E-state index in [1.54, 1.807) is 32.9 Å². The van der Waals surface area contributed by atoms with Crippen LogP contribution in [-0.2, 0) is 9.84 Å². The average molecular weight is 292 g/mol. The molecule has 4 nitrogen and oxygen atoms in total. The molecule has 0 saturated carbocycles. The van der Waals surface area contributed by atoms with Crippen molar-refractivity contribution in [2.75, 3.05) is 0 Å². The van der Waals surface area contributed by atoms with Gasteiger partial charge in [0.25, 0.3) is 0 Å². The van der Waals surface area contributed by atoms with E-state index in [1.165, 1.54) is 18.2 Å². The summed E-state index contributed by atoms with van der Waals surface area (Å²) in [5.41, 5.74) is 1.45. The molecule has 0 aliphatic rings. The molecular weight excluding hydrogens is 276 g/mol. The zero-order chi connectivity index (χ0) is 15.1. The van der Waals surface area contributed by atoms with E-state index >= 15 is 0 Å². The van der Waals surface area contributed by atoms with Crippen molar-refractivity contribution in [1.82, 2.24) is 0 Å². The van der Waals surface area contributed by atoms with Crippen molar-refractivity contribution in [3.05, 3.63) is 47.0 Å². The first-order chi connectivity index (χ1) is 9.25. The Bertz CT molecular complexity index is 733. The van der Waals surface area contributed by atoms with Crippen molar-refractivity contribution in [1.29, 1.82) is 0 Å². The standard InChI is InChI=1S/C15H16O4S/c1-9-5-4-6-13(16)15(9)20(18,19)12-7-10(2)14(17)11(3)8-12/h4-8,16-17H,1-3H3. The second kappa shape index (κ2) is 4.83. The predicted octanol–water partition coefficient (Wildman–Crippen LogP) is 2.86. The van der Waals surface area contributed by atoms with E-state index in [0.29, 0.717) is 16.7 Å². The molecule has 0 unspecified atom stereocenters. The fourth-order valence-corrected chi connectivity index (χ4v) is 3.91. The smallest absolute Gasteiger partial charge is 0.210 e. The van der Waals surface area contributed by atoms with Gasteiger partial charge in [0.15, 0.2) is 0 Å². The van der Waals surface area contributed by atoms with Crippen LogP contribution in [0.1, 0.15) is 16.7 Å². The largest absolute Gasteiger partial charge is 0.507 e. The molecule has 0 saturated heterocycles. The maximum atomic E-state index is 12.6. The van der Waals surface area contributed by atoms with Crippen LogP contribution in [0.5, 0.6) is 11.5 Å². The molecular formula is C15H16O4S. The fourth-order valence-electron chi connectivity index (χ4n) is 2.18. The molecule has 106 valence electrons. The van der Waals surface area contributed by atoms with Crippen LogP contribution >= 0.6 is 0 Å². The minimum absolute atomic E-state index is 0.0647. The summed E-state index contributed by atoms with van der Waals surface area (Å²) in [6.07, 6.45) is 0. The molecule has 0 bridgehead atoms. The Morgan fingerprint density at radius 1 is 0.900 bits per heavy atom. The molecule has 5 heteroatoms. The van der Waals surface area contributed by atoms with E-state index in [4.69, 9.17) is 0 Å². The number of sulfone groups is 1. The van der Waals surface area contributed by atoms with Crippen molar-refractivity contribution in [3.63, 3.8) is 0 Å². The van der Waals surface area contributed by atoms with Crippen molar-refractivity contribution < 1.29 is 18.6 Å². The molecule has 0 radical (unpaired) electrons. The van der Waals surface area contributed by atoms with E-state index in [-0.39, 0.29) is 21.3 Å². The number of aromatic hydroxyl groups is 2. The number of hydrogen-bond donors (Lipinski definition) is 2. The third-order valence-electron chi connectivity index (χ3n) is 3.23. The highest BCUT2D eigenvalue weighted by Gasteiger charge is 2.24. The number of phenols is 2. The predicted molar refractivity (Wildman–Crippen MR) is 75.9 cm³/mol. The molecule has 0 fully saturated rings. The molecule has 0 aliphatic carbocycles. The lowest BCUT2D eigenvalue weighted by Crippen LogP contribution is -2.05. The summed E-state index contributed by atoms with van der Waals surface area (Å²) in [6, 6.07) is 7.39. The summed E-state index contributed by atoms with van der Waals surface area (Å²) in [7, 11) is -3.82. The van der Waals surface area contributed by atoms with Crippen molar-refractivity contribution >= 4 is 9.84 Å². The second-order valence-electron chi connectivity index (χ2n) is 4.83. The zero-order valence-electron chi connectivity index (χ0n) is 11.5. The maximum Gasteiger partial charge on any atom is 0.210 e. The van der Waals surface area contributed by atoms with Crippen molar-refractivity contribution in [2.24, 2.45) is 0 Å². The summed E-state index contributed by atoms with van der Waals surface area (Å²) in [5, 5.41) is 19.6. The van der Waals surface area contributed by atoms with Crippen LogP contribution < -0.4 is 0 Å². The first-order valence-corrected chi connectivity index (χ1v) is 7.57. The highest BCUT2D eigenvalue weighted by molar-refractivity contribution is 7.91. The summed E-state index contributed by atoms with van der Waals surface area (Å²) in [6.45, 7) is 4.91. The van der Waals surface area contributed by atoms with Gasteiger partial charge < -0.3 is 10.2 Å². The molecule has 2 N–H and O–H groups in total. The Balaban J connectivity index is 2.74. The molecule has 2 rings (SSSR count). The lowest BCUT2D eigenvalue weighted by atomic mass is 10.1. The van der Waals surface area contributed by atoms with Gasteiger partial charge in [-0.2, -0.15) is 0 Å². The van der Waals surface area contributed by atoms with Crippen molar-refractivity contribution in [2.45, 2.75) is 30.6 Å². The Labute approximate surface area is 118 Å². The number of benzene rings is 2. The number of hydrogen-bond acceptors (Lipinski definition) is 4. The second-order valence-corrected chi connectivity index (χ2v) is 6.72. The Kier molecular flexibility index (Phi) is 3.48. The van der Waals surface area contributed by atoms with E-state index in [9.17, 15) is 18.6 Å². The van der Waals surface area contributed by atoms with Crippen LogP contribution in [0.2, 0.25) is 0 Å². The Morgan fingerprint density at radius 2 is 1.45 bits per heavy atom. The lowest BCUT2D eigenvalue weighted by molar-refractivity contribution is 0.457. The highest BCUT2D eigenvalue weighted by atomic mass is 32.2. The van der Waals surface area contributed by atoms with Crippen LogP contribution in [0.15, 0.2) is 40.1 Å². The third-order valence-corrected chi connectivity index (χ3v) is 5.16. The third kappa shape index (κ3) is 2.25. The molecule has 0 amide bonds.